The number of alkyl halides is 2. The fourth-order valence-electron chi connectivity index (χ4n) is 5.84. The number of para-hydroxylation sites is 2. The molecule has 46 heavy (non-hydrogen) atoms. The second-order valence-corrected chi connectivity index (χ2v) is 13.7. The number of halogens is 2. The highest BCUT2D eigenvalue weighted by molar-refractivity contribution is 6.09. The van der Waals surface area contributed by atoms with Crippen LogP contribution < -0.4 is 4.58 Å². The van der Waals surface area contributed by atoms with Crippen LogP contribution in [0.1, 0.15) is 73.4 Å². The first kappa shape index (κ1) is 22.5. The summed E-state index contributed by atoms with van der Waals surface area (Å²) in [5, 5.41) is 1.50. The Hall–Kier alpha value is -5.00. The largest absolute Gasteiger partial charge is 0.496 e. The number of rotatable bonds is 4. The summed E-state index contributed by atoms with van der Waals surface area (Å²) in [6, 6.07) is 14.8. The summed E-state index contributed by atoms with van der Waals surface area (Å²) >= 11 is 0. The summed E-state index contributed by atoms with van der Waals surface area (Å²) in [5.74, 6) is -3.02. The fourth-order valence-corrected chi connectivity index (χ4v) is 5.84. The van der Waals surface area contributed by atoms with Gasteiger partial charge in [0, 0.05) is 64.7 Å². The summed E-state index contributed by atoms with van der Waals surface area (Å²) in [6.45, 7) is 8.96. The average Bonchev–Trinajstić information content (AvgIpc) is 3.66. The van der Waals surface area contributed by atoms with Gasteiger partial charge in [0.1, 0.15) is 9.93 Å². The van der Waals surface area contributed by atoms with Gasteiger partial charge in [-0.3, -0.25) is 9.55 Å². The maximum absolute atomic E-state index is 17.2. The van der Waals surface area contributed by atoms with Gasteiger partial charge in [-0.1, -0.05) is 70.3 Å². The number of fused-ring (bicyclic) bond motifs is 4. The highest BCUT2D eigenvalue weighted by Crippen LogP contribution is 2.43. The predicted octanol–water partition coefficient (Wildman–Crippen LogP) is 9.60. The van der Waals surface area contributed by atoms with E-state index in [2.05, 4.69) is 36.7 Å². The molecule has 0 saturated heterocycles. The molecule has 6 aromatic rings. The standard InChI is InChI=1S/C39H37F2N5/c1-37(2,3)25-14-17-43-36(22-25)46-32-15-16-42-23-31(32)30-13-12-26(21-35(30)46)39(40,41)28-18-27(38(4,5)6)19-29(20-28)45-24-44(7)33-10-8-9-11-34(33)45/h8-23H,1-7H3/q+2/i7D3,8D,9D,10D,11D. The van der Waals surface area contributed by atoms with Crippen molar-refractivity contribution in [1.82, 2.24) is 19.1 Å². The molecule has 1 aliphatic rings. The molecule has 0 radical (unpaired) electrons. The van der Waals surface area contributed by atoms with E-state index >= 15 is 8.78 Å². The number of pyridine rings is 2. The van der Waals surface area contributed by atoms with Crippen molar-refractivity contribution in [2.75, 3.05) is 6.98 Å². The van der Waals surface area contributed by atoms with Crippen molar-refractivity contribution in [1.29, 1.82) is 0 Å². The van der Waals surface area contributed by atoms with Crippen LogP contribution in [0.15, 0.2) is 97.4 Å². The molecule has 3 aromatic carbocycles. The molecule has 0 atom stereocenters. The van der Waals surface area contributed by atoms with Crippen LogP contribution in [0.25, 0.3) is 27.6 Å². The van der Waals surface area contributed by atoms with Gasteiger partial charge >= 0.3 is 6.01 Å². The monoisotopic (exact) mass is 620 g/mol. The van der Waals surface area contributed by atoms with E-state index in [0.29, 0.717) is 21.5 Å². The van der Waals surface area contributed by atoms with Gasteiger partial charge in [-0.05, 0) is 56.9 Å². The molecule has 230 valence electrons. The van der Waals surface area contributed by atoms with Crippen LogP contribution in [0.5, 0.6) is 0 Å². The molecule has 3 aromatic heterocycles. The second kappa shape index (κ2) is 10.3. The summed E-state index contributed by atoms with van der Waals surface area (Å²) in [5.41, 5.74) is 0.795. The maximum Gasteiger partial charge on any atom is 0.496 e. The molecule has 0 spiro atoms. The molecule has 7 heteroatoms. The van der Waals surface area contributed by atoms with Crippen LogP contribution in [0.2, 0.25) is 0 Å². The van der Waals surface area contributed by atoms with Gasteiger partial charge in [0.2, 0.25) is 5.69 Å². The van der Waals surface area contributed by atoms with Crippen molar-refractivity contribution in [2.24, 2.45) is 0 Å². The Morgan fingerprint density at radius 2 is 1.50 bits per heavy atom. The van der Waals surface area contributed by atoms with Crippen LogP contribution in [-0.4, -0.2) is 32.1 Å². The first-order valence-corrected chi connectivity index (χ1v) is 15.0. The van der Waals surface area contributed by atoms with E-state index in [4.69, 9.17) is 9.60 Å². The van der Waals surface area contributed by atoms with Gasteiger partial charge in [-0.25, -0.2) is 4.98 Å². The molecule has 0 bridgehead atoms. The molecule has 0 N–H and O–H groups in total. The first-order chi connectivity index (χ1) is 24.6. The Kier molecular flexibility index (Phi) is 5.02. The van der Waals surface area contributed by atoms with Gasteiger partial charge in [-0.15, -0.1) is 0 Å². The lowest BCUT2D eigenvalue weighted by Gasteiger charge is -2.23. The SMILES string of the molecule is [2H]c1c([2H])c([2H])c2c(c1[2H])[N+](c1cc(C(C)(C)C)cc(C(F)(F)c3ccc4c5cnccc5n(-c5cc(C(C)(C)C)ccn5)c4c3)c1)=C=[N+]2C([2H])([2H])[2H]. The van der Waals surface area contributed by atoms with E-state index in [0.717, 1.165) is 26.4 Å². The quantitative estimate of drug-likeness (QED) is 0.184. The normalized spacial score (nSPS) is 16.1. The van der Waals surface area contributed by atoms with Gasteiger partial charge < -0.3 is 0 Å². The molecule has 5 nitrogen and oxygen atoms in total. The second-order valence-electron chi connectivity index (χ2n) is 13.7. The van der Waals surface area contributed by atoms with Gasteiger partial charge in [0.05, 0.1) is 16.5 Å². The molecular weight excluding hydrogens is 576 g/mol. The third kappa shape index (κ3) is 4.83. The minimum atomic E-state index is -3.59. The van der Waals surface area contributed by atoms with E-state index < -0.39 is 48.0 Å². The zero-order valence-electron chi connectivity index (χ0n) is 33.4. The zero-order valence-corrected chi connectivity index (χ0v) is 26.4. The van der Waals surface area contributed by atoms with E-state index in [9.17, 15) is 0 Å². The summed E-state index contributed by atoms with van der Waals surface area (Å²) in [6.07, 6.45) is 5.07. The fraction of sp³-hybridized carbons (Fsp3) is 0.256. The third-order valence-corrected chi connectivity index (χ3v) is 8.47. The van der Waals surface area contributed by atoms with E-state index in [1.165, 1.54) is 24.3 Å². The maximum atomic E-state index is 17.2. The van der Waals surface area contributed by atoms with Crippen LogP contribution in [0.3, 0.4) is 0 Å². The zero-order chi connectivity index (χ0) is 38.6. The summed E-state index contributed by atoms with van der Waals surface area (Å²) < 4.78 is 96.1. The summed E-state index contributed by atoms with van der Waals surface area (Å²) in [7, 11) is 0. The van der Waals surface area contributed by atoms with Gasteiger partial charge in [0.25, 0.3) is 17.3 Å². The topological polar surface area (TPSA) is 36.7 Å². The lowest BCUT2D eigenvalue weighted by atomic mass is 9.84. The minimum Gasteiger partial charge on any atom is -0.294 e. The van der Waals surface area contributed by atoms with Crippen LogP contribution in [0.4, 0.5) is 25.8 Å². The van der Waals surface area contributed by atoms with Crippen molar-refractivity contribution in [3.8, 4) is 5.82 Å². The number of aromatic nitrogens is 3. The Morgan fingerprint density at radius 1 is 0.761 bits per heavy atom. The molecule has 0 unspecified atom stereocenters. The molecule has 4 heterocycles. The molecule has 1 aliphatic heterocycles. The molecule has 0 saturated carbocycles. The van der Waals surface area contributed by atoms with Crippen LogP contribution >= 0.6 is 0 Å². The van der Waals surface area contributed by atoms with E-state index in [1.807, 2.05) is 43.5 Å². The summed E-state index contributed by atoms with van der Waals surface area (Å²) in [4.78, 5) is 8.96. The van der Waals surface area contributed by atoms with Crippen molar-refractivity contribution in [3.63, 3.8) is 0 Å². The highest BCUT2D eigenvalue weighted by Gasteiger charge is 2.39. The Balaban J connectivity index is 1.47. The first-order valence-electron chi connectivity index (χ1n) is 18.5. The molecular formula is C39H37F2N5+2. The van der Waals surface area contributed by atoms with Crippen molar-refractivity contribution in [3.05, 3.63) is 120 Å². The van der Waals surface area contributed by atoms with Crippen molar-refractivity contribution in [2.45, 2.75) is 58.3 Å². The number of hydrogen-bond donors (Lipinski definition) is 0. The Morgan fingerprint density at radius 3 is 2.24 bits per heavy atom. The van der Waals surface area contributed by atoms with Crippen LogP contribution in [-0.2, 0) is 16.8 Å². The van der Waals surface area contributed by atoms with Gasteiger partial charge in [0.15, 0.2) is 6.98 Å². The lowest BCUT2D eigenvalue weighted by Crippen LogP contribution is -2.19. The molecule has 0 amide bonds. The van der Waals surface area contributed by atoms with Crippen LogP contribution in [0, 0.1) is 0 Å². The Bertz CT molecular complexity index is 2590. The smallest absolute Gasteiger partial charge is 0.294 e. The average molecular weight is 621 g/mol. The number of hydrogen-bond acceptors (Lipinski definition) is 2. The molecule has 0 fully saturated rings. The predicted molar refractivity (Wildman–Crippen MR) is 182 cm³/mol. The van der Waals surface area contributed by atoms with Gasteiger partial charge in [-0.2, -0.15) is 8.78 Å². The molecule has 7 rings (SSSR count). The minimum absolute atomic E-state index is 0.0644. The number of nitrogens with zero attached hydrogens (tertiary/aromatic N) is 5. The van der Waals surface area contributed by atoms with Crippen molar-refractivity contribution < 1.29 is 23.0 Å². The van der Waals surface area contributed by atoms with E-state index in [1.54, 1.807) is 30.7 Å². The number of benzene rings is 3. The van der Waals surface area contributed by atoms with Crippen molar-refractivity contribution >= 4 is 44.9 Å². The Labute approximate surface area is 277 Å². The lowest BCUT2D eigenvalue weighted by molar-refractivity contribution is -0.394. The molecule has 0 aliphatic carbocycles. The van der Waals surface area contributed by atoms with E-state index in [-0.39, 0.29) is 28.0 Å². The highest BCUT2D eigenvalue weighted by atomic mass is 19.3. The third-order valence-electron chi connectivity index (χ3n) is 8.47.